The number of halogens is 1. The highest BCUT2D eigenvalue weighted by Gasteiger charge is 2.42. The number of hydrogen-bond acceptors (Lipinski definition) is 4. The van der Waals surface area contributed by atoms with Gasteiger partial charge in [-0.05, 0) is 97.7 Å². The molecule has 2 aliphatic heterocycles. The Morgan fingerprint density at radius 3 is 2.38 bits per heavy atom. The Morgan fingerprint density at radius 2 is 1.70 bits per heavy atom. The summed E-state index contributed by atoms with van der Waals surface area (Å²) >= 11 is 13.0. The minimum absolute atomic E-state index is 0.134. The molecule has 2 aromatic carbocycles. The van der Waals surface area contributed by atoms with E-state index < -0.39 is 0 Å². The predicted molar refractivity (Wildman–Crippen MR) is 170 cm³/mol. The van der Waals surface area contributed by atoms with E-state index in [9.17, 15) is 0 Å². The second-order valence-corrected chi connectivity index (χ2v) is 11.8. The van der Waals surface area contributed by atoms with Crippen LogP contribution in [0.15, 0.2) is 85.2 Å². The second-order valence-electron chi connectivity index (χ2n) is 11.0. The molecule has 4 heterocycles. The zero-order valence-corrected chi connectivity index (χ0v) is 24.7. The first-order valence-corrected chi connectivity index (χ1v) is 14.7. The number of rotatable bonds is 6. The molecule has 40 heavy (non-hydrogen) atoms. The fraction of sp³-hybridized carbons (Fsp3) is 0.312. The molecule has 2 aromatic heterocycles. The number of nitrogens with zero attached hydrogens (tertiary/aromatic N) is 5. The summed E-state index contributed by atoms with van der Waals surface area (Å²) in [6, 6.07) is 25.0. The molecule has 6 nitrogen and oxygen atoms in total. The van der Waals surface area contributed by atoms with Gasteiger partial charge in [-0.3, -0.25) is 4.98 Å². The van der Waals surface area contributed by atoms with Gasteiger partial charge in [0.2, 0.25) is 0 Å². The standard InChI is InChI=1S/C32H35ClN6S/c1-22-15-19-37(20-16-22)28-14-13-25(21-26(28)33)39-31(30(35-32(39)40)27-7-4-5-17-34-27)29-8-6-18-38(29)24-11-9-23(10-12-24)36(2)3/h4-14,17-18,21-22,30-31H,15-16,19-20H2,1-3H3,(H,35,40)/t30-,31+/m0/s1. The molecule has 6 rings (SSSR count). The van der Waals surface area contributed by atoms with Gasteiger partial charge in [-0.15, -0.1) is 0 Å². The Morgan fingerprint density at radius 1 is 0.950 bits per heavy atom. The molecule has 1 N–H and O–H groups in total. The Kier molecular flexibility index (Phi) is 7.43. The van der Waals surface area contributed by atoms with Crippen molar-refractivity contribution in [2.24, 2.45) is 5.92 Å². The van der Waals surface area contributed by atoms with E-state index in [0.29, 0.717) is 5.11 Å². The van der Waals surface area contributed by atoms with Crippen LogP contribution in [-0.2, 0) is 0 Å². The first-order valence-electron chi connectivity index (χ1n) is 13.9. The fourth-order valence-electron chi connectivity index (χ4n) is 5.87. The number of piperidine rings is 1. The Hall–Kier alpha value is -3.55. The van der Waals surface area contributed by atoms with Crippen molar-refractivity contribution >= 4 is 46.0 Å². The van der Waals surface area contributed by atoms with Gasteiger partial charge in [-0.1, -0.05) is 24.6 Å². The van der Waals surface area contributed by atoms with E-state index in [2.05, 4.69) is 112 Å². The third-order valence-electron chi connectivity index (χ3n) is 8.16. The maximum absolute atomic E-state index is 6.97. The molecule has 206 valence electrons. The summed E-state index contributed by atoms with van der Waals surface area (Å²) in [7, 11) is 4.11. The highest BCUT2D eigenvalue weighted by molar-refractivity contribution is 7.80. The van der Waals surface area contributed by atoms with E-state index in [0.717, 1.165) is 58.2 Å². The van der Waals surface area contributed by atoms with Gasteiger partial charge in [-0.25, -0.2) is 0 Å². The van der Waals surface area contributed by atoms with Gasteiger partial charge in [0.25, 0.3) is 0 Å². The van der Waals surface area contributed by atoms with Crippen LogP contribution in [0, 0.1) is 5.92 Å². The van der Waals surface area contributed by atoms with Crippen LogP contribution in [0.25, 0.3) is 5.69 Å². The van der Waals surface area contributed by atoms with E-state index in [-0.39, 0.29) is 12.1 Å². The van der Waals surface area contributed by atoms with Crippen LogP contribution in [0.3, 0.4) is 0 Å². The number of aromatic nitrogens is 2. The van der Waals surface area contributed by atoms with E-state index >= 15 is 0 Å². The third-order valence-corrected chi connectivity index (χ3v) is 8.78. The molecule has 4 aromatic rings. The van der Waals surface area contributed by atoms with Crippen molar-refractivity contribution in [3.63, 3.8) is 0 Å². The van der Waals surface area contributed by atoms with Crippen molar-refractivity contribution in [2.75, 3.05) is 41.9 Å². The normalized spacial score (nSPS) is 19.6. The Labute approximate surface area is 247 Å². The highest BCUT2D eigenvalue weighted by atomic mass is 35.5. The maximum Gasteiger partial charge on any atom is 0.174 e. The molecule has 0 amide bonds. The Balaban J connectivity index is 1.41. The lowest BCUT2D eigenvalue weighted by Gasteiger charge is -2.33. The van der Waals surface area contributed by atoms with E-state index in [4.69, 9.17) is 28.8 Å². The number of thiocarbonyl (C=S) groups is 1. The van der Waals surface area contributed by atoms with Crippen LogP contribution >= 0.6 is 23.8 Å². The zero-order chi connectivity index (χ0) is 27.8. The molecule has 0 spiro atoms. The molecule has 0 aliphatic carbocycles. The highest BCUT2D eigenvalue weighted by Crippen LogP contribution is 2.44. The summed E-state index contributed by atoms with van der Waals surface area (Å²) in [6.45, 7) is 4.40. The van der Waals surface area contributed by atoms with Crippen LogP contribution in [-0.4, -0.2) is 41.8 Å². The molecule has 0 bridgehead atoms. The molecule has 0 radical (unpaired) electrons. The first-order chi connectivity index (χ1) is 19.4. The molecule has 2 aliphatic rings. The van der Waals surface area contributed by atoms with Gasteiger partial charge >= 0.3 is 0 Å². The maximum atomic E-state index is 6.97. The lowest BCUT2D eigenvalue weighted by Crippen LogP contribution is -2.33. The van der Waals surface area contributed by atoms with Crippen molar-refractivity contribution in [2.45, 2.75) is 31.8 Å². The van der Waals surface area contributed by atoms with Gasteiger partial charge < -0.3 is 24.6 Å². The predicted octanol–water partition coefficient (Wildman–Crippen LogP) is 7.01. The molecule has 0 unspecified atom stereocenters. The monoisotopic (exact) mass is 570 g/mol. The van der Waals surface area contributed by atoms with Gasteiger partial charge in [-0.2, -0.15) is 0 Å². The summed E-state index contributed by atoms with van der Waals surface area (Å²) in [5.41, 5.74) is 6.38. The molecular formula is C32H35ClN6S. The lowest BCUT2D eigenvalue weighted by atomic mass is 9.98. The van der Waals surface area contributed by atoms with Crippen molar-refractivity contribution < 1.29 is 0 Å². The Bertz CT molecular complexity index is 1480. The van der Waals surface area contributed by atoms with E-state index in [1.54, 1.807) is 0 Å². The topological polar surface area (TPSA) is 39.6 Å². The fourth-order valence-corrected chi connectivity index (χ4v) is 6.51. The van der Waals surface area contributed by atoms with Crippen LogP contribution < -0.4 is 20.0 Å². The van der Waals surface area contributed by atoms with E-state index in [1.165, 1.54) is 12.8 Å². The van der Waals surface area contributed by atoms with Crippen LogP contribution in [0.1, 0.15) is 43.2 Å². The quantitative estimate of drug-likeness (QED) is 0.252. The van der Waals surface area contributed by atoms with E-state index in [1.807, 2.05) is 18.3 Å². The third kappa shape index (κ3) is 5.04. The number of benzene rings is 2. The minimum atomic E-state index is -0.135. The summed E-state index contributed by atoms with van der Waals surface area (Å²) in [4.78, 5) is 11.4. The van der Waals surface area contributed by atoms with Crippen molar-refractivity contribution in [3.05, 3.63) is 102 Å². The first kappa shape index (κ1) is 26.7. The van der Waals surface area contributed by atoms with Gasteiger partial charge in [0.15, 0.2) is 5.11 Å². The van der Waals surface area contributed by atoms with Gasteiger partial charge in [0, 0.05) is 62.3 Å². The van der Waals surface area contributed by atoms with Crippen LogP contribution in [0.5, 0.6) is 0 Å². The average molecular weight is 571 g/mol. The molecular weight excluding hydrogens is 536 g/mol. The largest absolute Gasteiger partial charge is 0.378 e. The summed E-state index contributed by atoms with van der Waals surface area (Å²) in [5.74, 6) is 0.766. The van der Waals surface area contributed by atoms with Crippen LogP contribution in [0.2, 0.25) is 5.02 Å². The number of hydrogen-bond donors (Lipinski definition) is 1. The summed E-state index contributed by atoms with van der Waals surface area (Å²) in [6.07, 6.45) is 6.34. The number of nitrogens with one attached hydrogen (secondary N) is 1. The summed E-state index contributed by atoms with van der Waals surface area (Å²) < 4.78 is 2.24. The van der Waals surface area contributed by atoms with Gasteiger partial charge in [0.1, 0.15) is 6.04 Å². The van der Waals surface area contributed by atoms with Crippen molar-refractivity contribution in [1.82, 2.24) is 14.9 Å². The number of pyridine rings is 1. The lowest BCUT2D eigenvalue weighted by molar-refractivity contribution is 0.438. The number of anilines is 3. The molecule has 2 saturated heterocycles. The minimum Gasteiger partial charge on any atom is -0.378 e. The molecule has 2 atom stereocenters. The zero-order valence-electron chi connectivity index (χ0n) is 23.2. The molecule has 8 heteroatoms. The van der Waals surface area contributed by atoms with Gasteiger partial charge in [0.05, 0.1) is 22.4 Å². The summed E-state index contributed by atoms with van der Waals surface area (Å²) in [5, 5.41) is 5.00. The average Bonchev–Trinajstić information content (AvgIpc) is 3.58. The smallest absolute Gasteiger partial charge is 0.174 e. The second kappa shape index (κ2) is 11.1. The molecule has 2 fully saturated rings. The van der Waals surface area contributed by atoms with Crippen molar-refractivity contribution in [1.29, 1.82) is 0 Å². The van der Waals surface area contributed by atoms with Crippen molar-refractivity contribution in [3.8, 4) is 5.69 Å². The van der Waals surface area contributed by atoms with Crippen LogP contribution in [0.4, 0.5) is 17.1 Å². The SMILES string of the molecule is CC1CCN(c2ccc(N3C(=S)N[C@@H](c4ccccn4)[C@H]3c3cccn3-c3ccc(N(C)C)cc3)cc2Cl)CC1. The molecule has 0 saturated carbocycles.